The molecule has 30 heteroatoms. The van der Waals surface area contributed by atoms with Gasteiger partial charge in [-0.15, -0.1) is 0 Å². The third-order valence-corrected chi connectivity index (χ3v) is 15.7. The molecule has 7 aliphatic heterocycles. The van der Waals surface area contributed by atoms with Crippen LogP contribution in [0.4, 0.5) is 0 Å². The molecule has 488 valence electrons. The highest BCUT2D eigenvalue weighted by molar-refractivity contribution is 6.24. The monoisotopic (exact) mass is 1320 g/mol. The van der Waals surface area contributed by atoms with E-state index in [1.165, 1.54) is 140 Å². The van der Waals surface area contributed by atoms with Gasteiger partial charge in [0.05, 0.1) is 38.9 Å². The molecule has 1 N–H and O–H groups in total. The van der Waals surface area contributed by atoms with Crippen LogP contribution in [0.5, 0.6) is 23.0 Å². The fourth-order valence-electron chi connectivity index (χ4n) is 10.4. The molecule has 1 atom stereocenters. The number of hydrogen-bond donors (Lipinski definition) is 1. The van der Waals surface area contributed by atoms with E-state index in [-0.39, 0.29) is 107 Å². The van der Waals surface area contributed by atoms with Crippen molar-refractivity contribution < 1.29 is 106 Å². The predicted octanol–water partition coefficient (Wildman–Crippen LogP) is 1.74. The van der Waals surface area contributed by atoms with Crippen molar-refractivity contribution in [3.8, 4) is 23.0 Å². The molecule has 7 aliphatic rings. The Morgan fingerprint density at radius 2 is 0.701 bits per heavy atom. The van der Waals surface area contributed by atoms with Gasteiger partial charge in [0.1, 0.15) is 36.3 Å². The average Bonchev–Trinajstić information content (AvgIpc) is 1.63. The lowest BCUT2D eigenvalue weighted by Gasteiger charge is -2.27. The van der Waals surface area contributed by atoms with Crippen molar-refractivity contribution in [2.75, 3.05) is 52.6 Å². The summed E-state index contributed by atoms with van der Waals surface area (Å²) in [6.45, 7) is 1.62. The van der Waals surface area contributed by atoms with Crippen LogP contribution in [0, 0.1) is 6.92 Å². The van der Waals surface area contributed by atoms with Gasteiger partial charge in [0.2, 0.25) is 6.29 Å². The van der Waals surface area contributed by atoms with Gasteiger partial charge in [-0.05, 0) is 110 Å². The van der Waals surface area contributed by atoms with Crippen LogP contribution in [-0.2, 0) is 47.9 Å². The fourth-order valence-corrected chi connectivity index (χ4v) is 10.4. The zero-order valence-corrected chi connectivity index (χ0v) is 50.4. The van der Waals surface area contributed by atoms with Crippen LogP contribution in [0.1, 0.15) is 89.9 Å². The molecule has 0 aliphatic carbocycles. The first-order valence-electron chi connectivity index (χ1n) is 29.1. The van der Waals surface area contributed by atoms with Gasteiger partial charge in [-0.1, -0.05) is 6.07 Å². The Hall–Kier alpha value is -13.1. The van der Waals surface area contributed by atoms with E-state index < -0.39 is 120 Å². The molecule has 7 heterocycles. The molecule has 14 amide bonds. The van der Waals surface area contributed by atoms with Gasteiger partial charge in [-0.25, -0.2) is 14.4 Å². The zero-order chi connectivity index (χ0) is 69.1. The Balaban J connectivity index is 0.000000284. The van der Waals surface area contributed by atoms with Gasteiger partial charge < -0.3 is 24.1 Å². The summed E-state index contributed by atoms with van der Waals surface area (Å²) in [6, 6.07) is 22.9. The number of carbonyl (C=O) groups is 17. The molecule has 0 fully saturated rings. The number of esters is 3. The number of carbonyl (C=O) groups excluding carboxylic acids is 17. The van der Waals surface area contributed by atoms with Crippen molar-refractivity contribution in [3.05, 3.63) is 214 Å². The summed E-state index contributed by atoms with van der Waals surface area (Å²) in [5.74, 6) is -10.1. The number of rotatable bonds is 22. The fraction of sp³-hybridized carbons (Fsp3) is 0.149. The number of hydrogen-bond acceptors (Lipinski definition) is 23. The third-order valence-electron chi connectivity index (χ3n) is 15.7. The zero-order valence-electron chi connectivity index (χ0n) is 50.4. The van der Waals surface area contributed by atoms with E-state index in [4.69, 9.17) is 18.9 Å². The van der Waals surface area contributed by atoms with Crippen molar-refractivity contribution in [3.63, 3.8) is 0 Å². The Morgan fingerprint density at radius 3 is 1.13 bits per heavy atom. The van der Waals surface area contributed by atoms with Gasteiger partial charge in [-0.2, -0.15) is 0 Å². The molecule has 97 heavy (non-hydrogen) atoms. The summed E-state index contributed by atoms with van der Waals surface area (Å²) in [7, 11) is 0. The maximum Gasteiger partial charge on any atom is 0.343 e. The number of amides is 14. The van der Waals surface area contributed by atoms with Crippen molar-refractivity contribution in [1.82, 2.24) is 39.2 Å². The number of fused-ring (bicyclic) bond motifs is 2. The van der Waals surface area contributed by atoms with E-state index in [2.05, 4.69) is 0 Å². The van der Waals surface area contributed by atoms with Crippen LogP contribution in [0.3, 0.4) is 0 Å². The second kappa shape index (κ2) is 27.2. The lowest BCUT2D eigenvalue weighted by atomic mass is 10.1. The van der Waals surface area contributed by atoms with Gasteiger partial charge in [0.25, 0.3) is 82.7 Å². The summed E-state index contributed by atoms with van der Waals surface area (Å²) < 4.78 is 22.1. The molecule has 30 nitrogen and oxygen atoms in total. The minimum Gasteiger partial charge on any atom is -0.461 e. The molecule has 0 radical (unpaired) electrons. The lowest BCUT2D eigenvalue weighted by Crippen LogP contribution is -2.45. The van der Waals surface area contributed by atoms with E-state index >= 15 is 0 Å². The molecule has 0 bridgehead atoms. The highest BCUT2D eigenvalue weighted by Gasteiger charge is 2.42. The third kappa shape index (κ3) is 13.9. The minimum atomic E-state index is -1.60. The number of ether oxygens (including phenoxy) is 4. The topological polar surface area (TPSA) is 373 Å². The molecular formula is C67H48N8O22. The Bertz CT molecular complexity index is 4330. The maximum atomic E-state index is 13.1. The minimum absolute atomic E-state index is 0.0186. The predicted molar refractivity (Wildman–Crippen MR) is 324 cm³/mol. The van der Waals surface area contributed by atoms with Crippen molar-refractivity contribution >= 4 is 101 Å². The second-order valence-electron chi connectivity index (χ2n) is 21.7. The number of aryl methyl sites for hydroxylation is 1. The molecule has 12 rings (SSSR count). The van der Waals surface area contributed by atoms with Crippen LogP contribution >= 0.6 is 0 Å². The second-order valence-corrected chi connectivity index (χ2v) is 21.7. The van der Waals surface area contributed by atoms with Crippen LogP contribution in [0.25, 0.3) is 0 Å². The van der Waals surface area contributed by atoms with Crippen molar-refractivity contribution in [2.45, 2.75) is 13.2 Å². The van der Waals surface area contributed by atoms with Crippen LogP contribution in [0.2, 0.25) is 0 Å². The number of imide groups is 7. The summed E-state index contributed by atoms with van der Waals surface area (Å²) in [4.78, 5) is 217. The first-order valence-corrected chi connectivity index (χ1v) is 29.1. The van der Waals surface area contributed by atoms with E-state index in [1.807, 2.05) is 0 Å². The maximum absolute atomic E-state index is 13.1. The van der Waals surface area contributed by atoms with Gasteiger partial charge in [0, 0.05) is 106 Å². The smallest absolute Gasteiger partial charge is 0.343 e. The highest BCUT2D eigenvalue weighted by atomic mass is 16.6. The van der Waals surface area contributed by atoms with Crippen LogP contribution in [0.15, 0.2) is 164 Å². The number of aliphatic hydroxyl groups excluding tert-OH is 1. The normalized spacial score (nSPS) is 16.4. The Kier molecular flexibility index (Phi) is 18.4. The van der Waals surface area contributed by atoms with Gasteiger partial charge in [0.15, 0.2) is 0 Å². The molecule has 5 aromatic rings. The van der Waals surface area contributed by atoms with E-state index in [1.54, 1.807) is 11.8 Å². The molecular weight excluding hydrogens is 1270 g/mol. The average molecular weight is 1320 g/mol. The standard InChI is InChI=1S/C49H30N4O16.C18H18N4O6/c1-25-20-32(68-46(62)26-2-8-30(9-3-26)66-48(64)28-6-13-33-35(21-28)44(60)52(42(33)58)23-50-38(54)16-17-39(50)55)12-15-37(25)69-47(63)27-4-10-31(11-5-27)67-49(65)29-7-14-34-36(22-29)45(61)53(43(34)59)24-51-40(56)18-19-41(51)57;23-13-1-2-14(24)20(13)10-7-19(8-11-21-15(25)3-4-16(21)26)9-12-22-17(27)5-6-18(22)28/h2-22,48,64H,23-24H2,1H3;1-6H,7-12H2. The Labute approximate surface area is 546 Å². The number of benzene rings is 5. The lowest BCUT2D eigenvalue weighted by molar-refractivity contribution is -0.139. The molecule has 0 spiro atoms. The number of nitrogens with zero attached hydrogens (tertiary/aromatic N) is 8. The van der Waals surface area contributed by atoms with E-state index in [0.29, 0.717) is 5.56 Å². The van der Waals surface area contributed by atoms with E-state index in [9.17, 15) is 86.6 Å². The van der Waals surface area contributed by atoms with Crippen LogP contribution < -0.4 is 18.9 Å². The summed E-state index contributed by atoms with van der Waals surface area (Å²) in [6.07, 6.45) is 9.63. The van der Waals surface area contributed by atoms with Crippen LogP contribution in [-0.4, -0.2) is 198 Å². The first-order chi connectivity index (χ1) is 46.4. The van der Waals surface area contributed by atoms with Gasteiger partial charge in [-0.3, -0.25) is 106 Å². The highest BCUT2D eigenvalue weighted by Crippen LogP contribution is 2.31. The van der Waals surface area contributed by atoms with Gasteiger partial charge >= 0.3 is 17.9 Å². The quantitative estimate of drug-likeness (QED) is 0.0446. The number of aliphatic hydroxyl groups is 1. The largest absolute Gasteiger partial charge is 0.461 e. The van der Waals surface area contributed by atoms with Crippen molar-refractivity contribution in [1.29, 1.82) is 0 Å². The summed E-state index contributed by atoms with van der Waals surface area (Å²) in [5.41, 5.74) is 0.517. The Morgan fingerprint density at radius 1 is 0.361 bits per heavy atom. The SMILES string of the molecule is Cc1cc(OC(=O)c2ccc(OC(O)c3ccc4c(c3)C(=O)N(CN3C(=O)C=CC3=O)C4=O)cc2)ccc1OC(=O)c1ccc(OC(=O)c2ccc3c(c2)C(=O)N(CN2C(=O)C=CC2=O)C3=O)cc1.O=C1C=CC(=O)N1CCN(CCN1C(=O)C=CC1=O)CCN1C(=O)C=CC1=O. The summed E-state index contributed by atoms with van der Waals surface area (Å²) in [5, 5.41) is 10.8. The van der Waals surface area contributed by atoms with Crippen molar-refractivity contribution in [2.24, 2.45) is 0 Å². The molecule has 0 saturated heterocycles. The molecule has 0 aromatic heterocycles. The first kappa shape index (κ1) is 65.4. The molecule has 0 saturated carbocycles. The van der Waals surface area contributed by atoms with E-state index in [0.717, 1.165) is 58.6 Å². The molecule has 1 unspecified atom stereocenters. The molecule has 5 aromatic carbocycles. The summed E-state index contributed by atoms with van der Waals surface area (Å²) >= 11 is 0.